The lowest BCUT2D eigenvalue weighted by atomic mass is 10.1. The summed E-state index contributed by atoms with van der Waals surface area (Å²) in [6.07, 6.45) is 0. The molecule has 94 valence electrons. The van der Waals surface area contributed by atoms with E-state index in [0.29, 0.717) is 19.0 Å². The highest BCUT2D eigenvalue weighted by Gasteiger charge is 2.12. The van der Waals surface area contributed by atoms with Crippen molar-refractivity contribution < 1.29 is 14.3 Å². The number of nitrogens with zero attached hydrogens (tertiary/aromatic N) is 1. The molecule has 0 unspecified atom stereocenters. The summed E-state index contributed by atoms with van der Waals surface area (Å²) in [5, 5.41) is 8.81. The van der Waals surface area contributed by atoms with Crippen molar-refractivity contribution in [1.29, 1.82) is 0 Å². The zero-order valence-corrected chi connectivity index (χ0v) is 10.2. The molecule has 0 atom stereocenters. The summed E-state index contributed by atoms with van der Waals surface area (Å²) in [6.45, 7) is 5.18. The van der Waals surface area contributed by atoms with Gasteiger partial charge in [-0.3, -0.25) is 9.69 Å². The first-order valence-electron chi connectivity index (χ1n) is 5.66. The van der Waals surface area contributed by atoms with Crippen LogP contribution < -0.4 is 0 Å². The normalized spacial score (nSPS) is 11.1. The van der Waals surface area contributed by atoms with Gasteiger partial charge >= 0.3 is 5.97 Å². The molecule has 0 aromatic heterocycles. The second kappa shape index (κ2) is 6.35. The van der Waals surface area contributed by atoms with E-state index in [4.69, 9.17) is 5.11 Å². The van der Waals surface area contributed by atoms with E-state index >= 15 is 0 Å². The number of hydrogen-bond acceptors (Lipinski definition) is 2. The molecule has 1 aromatic carbocycles. The second-order valence-corrected chi connectivity index (χ2v) is 4.59. The van der Waals surface area contributed by atoms with Crippen LogP contribution in [0.4, 0.5) is 4.39 Å². The number of carboxylic acids is 1. The number of halogens is 1. The van der Waals surface area contributed by atoms with E-state index in [2.05, 4.69) is 0 Å². The molecular weight excluding hydrogens is 221 g/mol. The Bertz CT molecular complexity index is 379. The molecule has 3 nitrogen and oxygen atoms in total. The molecule has 0 radical (unpaired) electrons. The van der Waals surface area contributed by atoms with Gasteiger partial charge in [0.05, 0.1) is 6.54 Å². The minimum absolute atomic E-state index is 0.0192. The van der Waals surface area contributed by atoms with Crippen molar-refractivity contribution in [3.05, 3.63) is 35.6 Å². The second-order valence-electron chi connectivity index (χ2n) is 4.59. The molecule has 1 rings (SSSR count). The van der Waals surface area contributed by atoms with Gasteiger partial charge in [0.1, 0.15) is 5.82 Å². The van der Waals surface area contributed by atoms with Crippen molar-refractivity contribution in [3.63, 3.8) is 0 Å². The Morgan fingerprint density at radius 2 is 2.18 bits per heavy atom. The third-order valence-electron chi connectivity index (χ3n) is 2.28. The van der Waals surface area contributed by atoms with Crippen molar-refractivity contribution >= 4 is 5.97 Å². The minimum Gasteiger partial charge on any atom is -0.480 e. The van der Waals surface area contributed by atoms with Crippen LogP contribution in [0.25, 0.3) is 0 Å². The fourth-order valence-corrected chi connectivity index (χ4v) is 1.79. The fourth-order valence-electron chi connectivity index (χ4n) is 1.79. The summed E-state index contributed by atoms with van der Waals surface area (Å²) in [5.74, 6) is -0.771. The van der Waals surface area contributed by atoms with Crippen molar-refractivity contribution in [1.82, 2.24) is 4.90 Å². The zero-order valence-electron chi connectivity index (χ0n) is 10.2. The summed E-state index contributed by atoms with van der Waals surface area (Å²) in [4.78, 5) is 12.5. The van der Waals surface area contributed by atoms with Crippen LogP contribution >= 0.6 is 0 Å². The first kappa shape index (κ1) is 13.6. The molecule has 0 aliphatic carbocycles. The molecule has 0 aliphatic rings. The molecule has 0 saturated carbocycles. The van der Waals surface area contributed by atoms with Gasteiger partial charge in [-0.2, -0.15) is 0 Å². The Morgan fingerprint density at radius 1 is 1.47 bits per heavy atom. The molecular formula is C13H18FNO2. The van der Waals surface area contributed by atoms with Gasteiger partial charge in [0.2, 0.25) is 0 Å². The van der Waals surface area contributed by atoms with Crippen LogP contribution in [-0.4, -0.2) is 29.1 Å². The average molecular weight is 239 g/mol. The quantitative estimate of drug-likeness (QED) is 0.828. The Balaban J connectivity index is 2.67. The standard InChI is InChI=1S/C13H18FNO2/c1-10(2)7-15(9-13(16)17)8-11-4-3-5-12(14)6-11/h3-6,10H,7-9H2,1-2H3,(H,16,17). The van der Waals surface area contributed by atoms with Crippen LogP contribution in [0.2, 0.25) is 0 Å². The highest BCUT2D eigenvalue weighted by atomic mass is 19.1. The smallest absolute Gasteiger partial charge is 0.317 e. The summed E-state index contributed by atoms with van der Waals surface area (Å²) in [5.41, 5.74) is 0.798. The molecule has 4 heteroatoms. The highest BCUT2D eigenvalue weighted by molar-refractivity contribution is 5.69. The molecule has 0 aliphatic heterocycles. The van der Waals surface area contributed by atoms with Crippen LogP contribution in [0.3, 0.4) is 0 Å². The number of carboxylic acid groups (broad SMARTS) is 1. The maximum absolute atomic E-state index is 13.0. The Kier molecular flexibility index (Phi) is 5.10. The van der Waals surface area contributed by atoms with Gasteiger partial charge in [-0.15, -0.1) is 0 Å². The molecule has 1 aromatic rings. The lowest BCUT2D eigenvalue weighted by Crippen LogP contribution is -2.32. The van der Waals surface area contributed by atoms with Crippen molar-refractivity contribution in [2.75, 3.05) is 13.1 Å². The van der Waals surface area contributed by atoms with Gasteiger partial charge in [0.15, 0.2) is 0 Å². The molecule has 0 fully saturated rings. The molecule has 0 amide bonds. The third kappa shape index (κ3) is 5.45. The maximum Gasteiger partial charge on any atom is 0.317 e. The average Bonchev–Trinajstić information content (AvgIpc) is 2.14. The number of benzene rings is 1. The number of aliphatic carboxylic acids is 1. The lowest BCUT2D eigenvalue weighted by Gasteiger charge is -2.22. The van der Waals surface area contributed by atoms with Gasteiger partial charge in [-0.1, -0.05) is 26.0 Å². The lowest BCUT2D eigenvalue weighted by molar-refractivity contribution is -0.138. The highest BCUT2D eigenvalue weighted by Crippen LogP contribution is 2.09. The monoisotopic (exact) mass is 239 g/mol. The van der Waals surface area contributed by atoms with Crippen molar-refractivity contribution in [2.45, 2.75) is 20.4 Å². The molecule has 0 heterocycles. The summed E-state index contributed by atoms with van der Waals surface area (Å²) in [6, 6.07) is 6.26. The van der Waals surface area contributed by atoms with Crippen molar-refractivity contribution in [2.24, 2.45) is 5.92 Å². The van der Waals surface area contributed by atoms with Crippen LogP contribution in [0.1, 0.15) is 19.4 Å². The van der Waals surface area contributed by atoms with Crippen molar-refractivity contribution in [3.8, 4) is 0 Å². The van der Waals surface area contributed by atoms with Gasteiger partial charge in [-0.25, -0.2) is 4.39 Å². The SMILES string of the molecule is CC(C)CN(CC(=O)O)Cc1cccc(F)c1. The Labute approximate surface area is 101 Å². The zero-order chi connectivity index (χ0) is 12.8. The Hall–Kier alpha value is -1.42. The minimum atomic E-state index is -0.859. The Morgan fingerprint density at radius 3 is 2.71 bits per heavy atom. The summed E-state index contributed by atoms with van der Waals surface area (Å²) < 4.78 is 13.0. The summed E-state index contributed by atoms with van der Waals surface area (Å²) in [7, 11) is 0. The van der Waals surface area contributed by atoms with Crippen LogP contribution in [0, 0.1) is 11.7 Å². The maximum atomic E-state index is 13.0. The van der Waals surface area contributed by atoms with Gasteiger partial charge in [0, 0.05) is 13.1 Å². The molecule has 1 N–H and O–H groups in total. The number of hydrogen-bond donors (Lipinski definition) is 1. The van der Waals surface area contributed by atoms with Crippen LogP contribution in [0.5, 0.6) is 0 Å². The topological polar surface area (TPSA) is 40.5 Å². The predicted octanol–water partition coefficient (Wildman–Crippen LogP) is 2.37. The molecule has 17 heavy (non-hydrogen) atoms. The van der Waals surface area contributed by atoms with Crippen LogP contribution in [0.15, 0.2) is 24.3 Å². The van der Waals surface area contributed by atoms with E-state index in [-0.39, 0.29) is 12.4 Å². The molecule has 0 bridgehead atoms. The van der Waals surface area contributed by atoms with Gasteiger partial charge in [-0.05, 0) is 23.6 Å². The van der Waals surface area contributed by atoms with E-state index in [1.54, 1.807) is 12.1 Å². The van der Waals surface area contributed by atoms with Crippen LogP contribution in [-0.2, 0) is 11.3 Å². The first-order valence-corrected chi connectivity index (χ1v) is 5.66. The largest absolute Gasteiger partial charge is 0.480 e. The number of rotatable bonds is 6. The summed E-state index contributed by atoms with van der Waals surface area (Å²) >= 11 is 0. The van der Waals surface area contributed by atoms with E-state index in [1.807, 2.05) is 18.7 Å². The predicted molar refractivity (Wildman–Crippen MR) is 64.2 cm³/mol. The third-order valence-corrected chi connectivity index (χ3v) is 2.28. The van der Waals surface area contributed by atoms with E-state index in [0.717, 1.165) is 5.56 Å². The van der Waals surface area contributed by atoms with Gasteiger partial charge < -0.3 is 5.11 Å². The molecule has 0 saturated heterocycles. The van der Waals surface area contributed by atoms with E-state index in [9.17, 15) is 9.18 Å². The fraction of sp³-hybridized carbons (Fsp3) is 0.462. The number of carbonyl (C=O) groups is 1. The first-order chi connectivity index (χ1) is 7.97. The molecule has 0 spiro atoms. The van der Waals surface area contributed by atoms with E-state index < -0.39 is 5.97 Å². The van der Waals surface area contributed by atoms with E-state index in [1.165, 1.54) is 12.1 Å². The van der Waals surface area contributed by atoms with Gasteiger partial charge in [0.25, 0.3) is 0 Å².